The highest BCUT2D eigenvalue weighted by Crippen LogP contribution is 2.18. The van der Waals surface area contributed by atoms with E-state index in [9.17, 15) is 4.79 Å². The molecule has 5 nitrogen and oxygen atoms in total. The van der Waals surface area contributed by atoms with Gasteiger partial charge in [0.1, 0.15) is 0 Å². The lowest BCUT2D eigenvalue weighted by Crippen LogP contribution is -2.69. The van der Waals surface area contributed by atoms with Crippen molar-refractivity contribution in [2.75, 3.05) is 5.01 Å². The lowest BCUT2D eigenvalue weighted by atomic mass is 10.00. The van der Waals surface area contributed by atoms with Crippen molar-refractivity contribution < 1.29 is 9.31 Å². The van der Waals surface area contributed by atoms with Gasteiger partial charge in [-0.3, -0.25) is 4.52 Å². The molecule has 1 aromatic heterocycles. The van der Waals surface area contributed by atoms with Gasteiger partial charge in [0.2, 0.25) is 0 Å². The molecule has 1 aliphatic rings. The Morgan fingerprint density at radius 1 is 1.35 bits per heavy atom. The van der Waals surface area contributed by atoms with Crippen LogP contribution in [0.4, 0.5) is 0 Å². The van der Waals surface area contributed by atoms with Crippen LogP contribution in [-0.2, 0) is 0 Å². The fourth-order valence-electron chi connectivity index (χ4n) is 2.73. The van der Waals surface area contributed by atoms with Crippen LogP contribution in [0.2, 0.25) is 0 Å². The summed E-state index contributed by atoms with van der Waals surface area (Å²) in [6, 6.07) is 0.851. The molecule has 1 fully saturated rings. The molecule has 2 heterocycles. The Kier molecular flexibility index (Phi) is 3.26. The van der Waals surface area contributed by atoms with E-state index in [1.54, 1.807) is 0 Å². The summed E-state index contributed by atoms with van der Waals surface area (Å²) in [6.07, 6.45) is 3.56. The molecule has 2 atom stereocenters. The van der Waals surface area contributed by atoms with Crippen LogP contribution in [0.25, 0.3) is 0 Å². The Bertz CT molecular complexity index is 425. The molecule has 0 spiro atoms. The molecule has 2 unspecified atom stereocenters. The Hall–Kier alpha value is -1.26. The molecule has 1 saturated heterocycles. The van der Waals surface area contributed by atoms with E-state index in [1.807, 2.05) is 18.6 Å². The maximum absolute atomic E-state index is 11.7. The van der Waals surface area contributed by atoms with E-state index in [-0.39, 0.29) is 11.5 Å². The molecule has 1 N–H and O–H groups in total. The third-order valence-electron chi connectivity index (χ3n) is 3.59. The molecule has 0 aromatic carbocycles. The third-order valence-corrected chi connectivity index (χ3v) is 3.59. The minimum atomic E-state index is -0.259. The molecule has 0 saturated carbocycles. The van der Waals surface area contributed by atoms with Crippen LogP contribution in [0, 0.1) is 0 Å². The zero-order chi connectivity index (χ0) is 12.6. The predicted molar refractivity (Wildman–Crippen MR) is 64.6 cm³/mol. The highest BCUT2D eigenvalue weighted by molar-refractivity contribution is 4.96. The van der Waals surface area contributed by atoms with E-state index in [1.165, 1.54) is 6.42 Å². The monoisotopic (exact) mass is 240 g/mol. The summed E-state index contributed by atoms with van der Waals surface area (Å²) in [5, 5.41) is 4.97. The quantitative estimate of drug-likeness (QED) is 0.792. The molecule has 1 aliphatic heterocycles. The number of aromatic amines is 1. The second-order valence-corrected chi connectivity index (χ2v) is 5.34. The fourth-order valence-corrected chi connectivity index (χ4v) is 2.73. The maximum Gasteiger partial charge on any atom is 0.433 e. The summed E-state index contributed by atoms with van der Waals surface area (Å²) < 4.78 is 4.95. The second kappa shape index (κ2) is 4.55. The molecule has 17 heavy (non-hydrogen) atoms. The van der Waals surface area contributed by atoms with Crippen molar-refractivity contribution in [3.63, 3.8) is 0 Å². The van der Waals surface area contributed by atoms with Crippen molar-refractivity contribution in [2.24, 2.45) is 0 Å². The predicted octanol–water partition coefficient (Wildman–Crippen LogP) is 1.28. The Morgan fingerprint density at radius 2 is 1.94 bits per heavy atom. The highest BCUT2D eigenvalue weighted by Gasteiger charge is 2.37. The van der Waals surface area contributed by atoms with Crippen molar-refractivity contribution in [3.05, 3.63) is 16.1 Å². The number of hydrogen-bond acceptors (Lipinski definition) is 3. The average molecular weight is 240 g/mol. The Balaban J connectivity index is 2.41. The first-order valence-corrected chi connectivity index (χ1v) is 6.44. The van der Waals surface area contributed by atoms with Crippen molar-refractivity contribution in [3.8, 4) is 0 Å². The van der Waals surface area contributed by atoms with Crippen molar-refractivity contribution in [1.29, 1.82) is 0 Å². The van der Waals surface area contributed by atoms with Gasteiger partial charge in [-0.05, 0) is 33.1 Å². The normalized spacial score (nSPS) is 25.6. The molecular formula is C12H22N3O2+. The molecule has 0 radical (unpaired) electrons. The van der Waals surface area contributed by atoms with Gasteiger partial charge < -0.3 is 0 Å². The Morgan fingerprint density at radius 3 is 2.47 bits per heavy atom. The summed E-state index contributed by atoms with van der Waals surface area (Å²) >= 11 is 0. The van der Waals surface area contributed by atoms with E-state index in [2.05, 4.69) is 24.1 Å². The smallest absolute Gasteiger partial charge is 0.281 e. The van der Waals surface area contributed by atoms with Crippen LogP contribution in [0.3, 0.4) is 0 Å². The number of aromatic nitrogens is 2. The molecule has 0 amide bonds. The van der Waals surface area contributed by atoms with E-state index in [4.69, 9.17) is 4.52 Å². The summed E-state index contributed by atoms with van der Waals surface area (Å²) in [7, 11) is 0. The van der Waals surface area contributed by atoms with E-state index >= 15 is 0 Å². The first-order chi connectivity index (χ1) is 8.02. The number of rotatable bonds is 2. The van der Waals surface area contributed by atoms with Crippen molar-refractivity contribution in [1.82, 2.24) is 5.27 Å². The van der Waals surface area contributed by atoms with Gasteiger partial charge in [-0.1, -0.05) is 13.8 Å². The van der Waals surface area contributed by atoms with Crippen LogP contribution in [0.1, 0.15) is 58.6 Å². The number of nitrogens with one attached hydrogen (secondary N) is 1. The van der Waals surface area contributed by atoms with Gasteiger partial charge in [0.15, 0.2) is 0 Å². The number of H-pyrrole nitrogens is 1. The van der Waals surface area contributed by atoms with E-state index in [0.29, 0.717) is 17.8 Å². The first kappa shape index (κ1) is 12.2. The Labute approximate surface area is 101 Å². The van der Waals surface area contributed by atoms with Crippen molar-refractivity contribution in [2.45, 2.75) is 65.0 Å². The van der Waals surface area contributed by atoms with Crippen LogP contribution < -0.4 is 15.4 Å². The topological polar surface area (TPSA) is 53.1 Å². The van der Waals surface area contributed by atoms with Gasteiger partial charge in [-0.2, -0.15) is 0 Å². The molecule has 96 valence electrons. The maximum atomic E-state index is 11.7. The molecule has 0 aliphatic carbocycles. The summed E-state index contributed by atoms with van der Waals surface area (Å²) in [6.45, 7) is 8.40. The summed E-state index contributed by atoms with van der Waals surface area (Å²) in [4.78, 5) is 13.5. The second-order valence-electron chi connectivity index (χ2n) is 5.34. The summed E-state index contributed by atoms with van der Waals surface area (Å²) in [5.74, 6) is 0.152. The fraction of sp³-hybridized carbons (Fsp3) is 0.833. The molecular weight excluding hydrogens is 218 g/mol. The number of nitrogens with zero attached hydrogens (tertiary/aromatic N) is 2. The zero-order valence-corrected chi connectivity index (χ0v) is 11.1. The zero-order valence-electron chi connectivity index (χ0n) is 11.1. The number of hydrogen-bond donors (Lipinski definition) is 1. The lowest BCUT2D eigenvalue weighted by Gasteiger charge is -2.32. The van der Waals surface area contributed by atoms with Crippen LogP contribution >= 0.6 is 0 Å². The number of piperidine rings is 1. The minimum Gasteiger partial charge on any atom is -0.281 e. The molecule has 0 bridgehead atoms. The van der Waals surface area contributed by atoms with Crippen LogP contribution in [-0.4, -0.2) is 17.4 Å². The third kappa shape index (κ3) is 2.10. The van der Waals surface area contributed by atoms with Gasteiger partial charge in [-0.25, -0.2) is 4.79 Å². The van der Waals surface area contributed by atoms with Gasteiger partial charge in [-0.15, -0.1) is 5.01 Å². The largest absolute Gasteiger partial charge is 0.433 e. The average Bonchev–Trinajstić information content (AvgIpc) is 2.60. The van der Waals surface area contributed by atoms with Gasteiger partial charge in [0, 0.05) is 10.1 Å². The van der Waals surface area contributed by atoms with Crippen LogP contribution in [0.5, 0.6) is 0 Å². The van der Waals surface area contributed by atoms with E-state index < -0.39 is 0 Å². The van der Waals surface area contributed by atoms with Gasteiger partial charge in [0.05, 0.1) is 18.0 Å². The minimum absolute atomic E-state index is 0.152. The molecule has 1 aromatic rings. The first-order valence-electron chi connectivity index (χ1n) is 6.44. The van der Waals surface area contributed by atoms with Gasteiger partial charge >= 0.3 is 11.3 Å². The lowest BCUT2D eigenvalue weighted by molar-refractivity contribution is -0.772. The summed E-state index contributed by atoms with van der Waals surface area (Å²) in [5.41, 5.74) is 0.440. The van der Waals surface area contributed by atoms with Gasteiger partial charge in [0.25, 0.3) is 0 Å². The molecule has 5 heteroatoms. The SMILES string of the molecule is CC(C)c1c(=O)o[nH][n+]1N1C(C)CCCC1C. The van der Waals surface area contributed by atoms with Crippen molar-refractivity contribution >= 4 is 0 Å². The van der Waals surface area contributed by atoms with Crippen LogP contribution in [0.15, 0.2) is 9.32 Å². The van der Waals surface area contributed by atoms with E-state index in [0.717, 1.165) is 12.8 Å². The highest BCUT2D eigenvalue weighted by atomic mass is 16.5. The standard InChI is InChI=1S/C12H21N3O2/c1-8(2)11-12(16)17-13-15(11)14-9(3)6-5-7-10(14)4/h8-10H,5-7H2,1-4H3/p+1. The molecule has 2 rings (SSSR count).